The maximum absolute atomic E-state index is 11.3. The van der Waals surface area contributed by atoms with Gasteiger partial charge in [-0.3, -0.25) is 4.21 Å². The monoisotopic (exact) mass is 490 g/mol. The zero-order valence-corrected chi connectivity index (χ0v) is 18.8. The highest BCUT2D eigenvalue weighted by Crippen LogP contribution is 2.34. The van der Waals surface area contributed by atoms with Gasteiger partial charge in [0.05, 0.1) is 29.3 Å². The summed E-state index contributed by atoms with van der Waals surface area (Å²) < 4.78 is 38.2. The van der Waals surface area contributed by atoms with E-state index in [1.54, 1.807) is 12.1 Å². The average Bonchev–Trinajstić information content (AvgIpc) is 3.18. The maximum atomic E-state index is 11.3. The third-order valence-corrected chi connectivity index (χ3v) is 8.90. The Morgan fingerprint density at radius 2 is 1.60 bits per heavy atom. The number of anilines is 2. The second-order valence-corrected chi connectivity index (χ2v) is 11.1. The highest BCUT2D eigenvalue weighted by atomic mass is 32.2. The molecule has 0 spiro atoms. The molecule has 2 rings (SSSR count). The maximum Gasteiger partial charge on any atom is 0.350 e. The number of carboxylic acids is 1. The SMILES string of the molecule is COC(=O)c1sc(S(C)(=O)=O)c(C#N)c1N.CS(=O)c1sc(C(=O)O)c(N)c1C#N. The summed E-state index contributed by atoms with van der Waals surface area (Å²) in [7, 11) is -3.83. The standard InChI is InChI=1S/C8H8N2O4S2.C7H6N2O3S2/c1-14-7(11)6-5(10)4(3-9)8(15-6)16(2,12)13;1-14(12)7-3(2-8)4(9)5(13-7)6(10)11/h10H2,1-2H3;9H2,1H3,(H,10,11). The van der Waals surface area contributed by atoms with Gasteiger partial charge < -0.3 is 21.3 Å². The summed E-state index contributed by atoms with van der Waals surface area (Å²) >= 11 is 1.42. The van der Waals surface area contributed by atoms with E-state index in [2.05, 4.69) is 4.74 Å². The molecule has 0 fully saturated rings. The Bertz CT molecular complexity index is 1230. The molecule has 0 radical (unpaired) electrons. The van der Waals surface area contributed by atoms with Crippen LogP contribution in [0.5, 0.6) is 0 Å². The van der Waals surface area contributed by atoms with Gasteiger partial charge in [-0.1, -0.05) is 0 Å². The molecule has 0 saturated carbocycles. The fraction of sp³-hybridized carbons (Fsp3) is 0.200. The number of ether oxygens (including phenoxy) is 1. The van der Waals surface area contributed by atoms with Crippen molar-refractivity contribution in [3.63, 3.8) is 0 Å². The first-order valence-corrected chi connectivity index (χ1v) is 12.4. The van der Waals surface area contributed by atoms with E-state index in [-0.39, 0.29) is 40.7 Å². The molecule has 11 nitrogen and oxygen atoms in total. The van der Waals surface area contributed by atoms with Crippen molar-refractivity contribution in [3.05, 3.63) is 20.9 Å². The van der Waals surface area contributed by atoms with Gasteiger partial charge >= 0.3 is 11.9 Å². The summed E-state index contributed by atoms with van der Waals surface area (Å²) in [5.41, 5.74) is 10.5. The molecule has 0 saturated heterocycles. The summed E-state index contributed by atoms with van der Waals surface area (Å²) in [5.74, 6) is -1.96. The zero-order valence-electron chi connectivity index (χ0n) is 15.6. The summed E-state index contributed by atoms with van der Waals surface area (Å²) in [6.07, 6.45) is 2.32. The van der Waals surface area contributed by atoms with E-state index < -0.39 is 32.6 Å². The number of hydrogen-bond acceptors (Lipinski definition) is 12. The Labute approximate surface area is 181 Å². The summed E-state index contributed by atoms with van der Waals surface area (Å²) in [6.45, 7) is 0. The molecule has 15 heteroatoms. The summed E-state index contributed by atoms with van der Waals surface area (Å²) in [6, 6.07) is 3.42. The first-order chi connectivity index (χ1) is 13.8. The van der Waals surface area contributed by atoms with Gasteiger partial charge in [0.1, 0.15) is 41.4 Å². The van der Waals surface area contributed by atoms with E-state index in [1.165, 1.54) is 6.26 Å². The molecule has 5 N–H and O–H groups in total. The van der Waals surface area contributed by atoms with Gasteiger partial charge in [0.15, 0.2) is 9.84 Å². The molecular weight excluding hydrogens is 476 g/mol. The quantitative estimate of drug-likeness (QED) is 0.514. The third-order valence-electron chi connectivity index (χ3n) is 3.21. The number of hydrogen-bond donors (Lipinski definition) is 3. The molecule has 2 heterocycles. The number of carboxylic acid groups (broad SMARTS) is 1. The predicted molar refractivity (Wildman–Crippen MR) is 111 cm³/mol. The molecule has 0 aliphatic rings. The lowest BCUT2D eigenvalue weighted by Crippen LogP contribution is -2.02. The summed E-state index contributed by atoms with van der Waals surface area (Å²) in [4.78, 5) is 21.7. The van der Waals surface area contributed by atoms with Gasteiger partial charge in [-0.05, 0) is 0 Å². The number of nitriles is 2. The van der Waals surface area contributed by atoms with Crippen LogP contribution in [0.1, 0.15) is 30.5 Å². The van der Waals surface area contributed by atoms with Crippen LogP contribution in [0.3, 0.4) is 0 Å². The number of nitrogens with zero attached hydrogens (tertiary/aromatic N) is 2. The lowest BCUT2D eigenvalue weighted by atomic mass is 10.3. The molecule has 160 valence electrons. The number of nitrogens with two attached hydrogens (primary N) is 2. The fourth-order valence-corrected chi connectivity index (χ4v) is 6.03. The molecule has 2 aromatic heterocycles. The van der Waals surface area contributed by atoms with Gasteiger partial charge in [0.2, 0.25) is 0 Å². The Balaban J connectivity index is 0.000000303. The number of carbonyl (C=O) groups is 2. The minimum Gasteiger partial charge on any atom is -0.477 e. The largest absolute Gasteiger partial charge is 0.477 e. The number of thiophene rings is 2. The van der Waals surface area contributed by atoms with Crippen molar-refractivity contribution in [3.8, 4) is 12.1 Å². The van der Waals surface area contributed by atoms with Crippen molar-refractivity contribution in [2.75, 3.05) is 31.1 Å². The van der Waals surface area contributed by atoms with Crippen LogP contribution in [-0.4, -0.2) is 49.3 Å². The van der Waals surface area contributed by atoms with Crippen LogP contribution in [0.25, 0.3) is 0 Å². The Morgan fingerprint density at radius 1 is 1.10 bits per heavy atom. The number of methoxy groups -OCH3 is 1. The Morgan fingerprint density at radius 3 is 1.90 bits per heavy atom. The predicted octanol–water partition coefficient (Wildman–Crippen LogP) is 1.03. The van der Waals surface area contributed by atoms with E-state index >= 15 is 0 Å². The molecule has 0 bridgehead atoms. The molecule has 0 amide bonds. The lowest BCUT2D eigenvalue weighted by Gasteiger charge is -1.95. The minimum absolute atomic E-state index is 0.00762. The molecule has 0 aromatic carbocycles. The second-order valence-electron chi connectivity index (χ2n) is 5.26. The number of esters is 1. The van der Waals surface area contributed by atoms with Crippen LogP contribution in [-0.2, 0) is 25.4 Å². The van der Waals surface area contributed by atoms with Gasteiger partial charge in [-0.15, -0.1) is 22.7 Å². The van der Waals surface area contributed by atoms with Gasteiger partial charge in [0, 0.05) is 12.5 Å². The van der Waals surface area contributed by atoms with E-state index in [9.17, 15) is 22.2 Å². The topological polar surface area (TPSA) is 214 Å². The van der Waals surface area contributed by atoms with E-state index in [0.717, 1.165) is 24.7 Å². The van der Waals surface area contributed by atoms with Gasteiger partial charge in [-0.25, -0.2) is 18.0 Å². The highest BCUT2D eigenvalue weighted by molar-refractivity contribution is 7.92. The first kappa shape index (κ1) is 25.1. The number of nitrogen functional groups attached to an aromatic ring is 2. The van der Waals surface area contributed by atoms with Crippen molar-refractivity contribution < 1.29 is 32.1 Å². The van der Waals surface area contributed by atoms with Crippen LogP contribution in [0.4, 0.5) is 11.4 Å². The van der Waals surface area contributed by atoms with Crippen molar-refractivity contribution >= 4 is 66.6 Å². The Hall–Kier alpha value is -2.98. The van der Waals surface area contributed by atoms with Crippen molar-refractivity contribution in [2.45, 2.75) is 8.42 Å². The lowest BCUT2D eigenvalue weighted by molar-refractivity contribution is 0.0606. The fourth-order valence-electron chi connectivity index (χ4n) is 1.92. The average molecular weight is 491 g/mol. The van der Waals surface area contributed by atoms with E-state index in [1.807, 2.05) is 0 Å². The molecular formula is C15H14N4O7S4. The Kier molecular flexibility index (Phi) is 8.09. The molecule has 30 heavy (non-hydrogen) atoms. The first-order valence-electron chi connectivity index (χ1n) is 7.31. The number of sulfone groups is 1. The van der Waals surface area contributed by atoms with Crippen molar-refractivity contribution in [2.24, 2.45) is 0 Å². The van der Waals surface area contributed by atoms with Crippen molar-refractivity contribution in [1.29, 1.82) is 10.5 Å². The number of rotatable bonds is 4. The number of carbonyl (C=O) groups excluding carboxylic acids is 1. The van der Waals surface area contributed by atoms with Crippen LogP contribution in [0.2, 0.25) is 0 Å². The minimum atomic E-state index is -3.58. The van der Waals surface area contributed by atoms with Crippen LogP contribution in [0.15, 0.2) is 8.42 Å². The molecule has 2 aromatic rings. The van der Waals surface area contributed by atoms with Crippen molar-refractivity contribution in [1.82, 2.24) is 0 Å². The summed E-state index contributed by atoms with van der Waals surface area (Å²) in [5, 5.41) is 26.2. The second kappa shape index (κ2) is 9.68. The van der Waals surface area contributed by atoms with Crippen LogP contribution < -0.4 is 11.5 Å². The number of aromatic carboxylic acids is 1. The zero-order chi connectivity index (χ0) is 23.4. The molecule has 0 aliphatic heterocycles. The van der Waals surface area contributed by atoms with Crippen LogP contribution in [0, 0.1) is 22.7 Å². The highest BCUT2D eigenvalue weighted by Gasteiger charge is 2.26. The third kappa shape index (κ3) is 5.14. The smallest absolute Gasteiger partial charge is 0.350 e. The van der Waals surface area contributed by atoms with Crippen LogP contribution >= 0.6 is 22.7 Å². The molecule has 1 atom stereocenters. The normalized spacial score (nSPS) is 11.4. The van der Waals surface area contributed by atoms with Gasteiger partial charge in [0.25, 0.3) is 0 Å². The van der Waals surface area contributed by atoms with Gasteiger partial charge in [-0.2, -0.15) is 10.5 Å². The van der Waals surface area contributed by atoms with E-state index in [0.29, 0.717) is 11.3 Å². The molecule has 1 unspecified atom stereocenters. The molecule has 0 aliphatic carbocycles. The van der Waals surface area contributed by atoms with E-state index in [4.69, 9.17) is 27.1 Å².